The number of esters is 1. The minimum atomic E-state index is -0.518. The van der Waals surface area contributed by atoms with Gasteiger partial charge in [-0.15, -0.1) is 0 Å². The summed E-state index contributed by atoms with van der Waals surface area (Å²) in [6.45, 7) is 5.61. The number of hydrogen-bond donors (Lipinski definition) is 1. The van der Waals surface area contributed by atoms with Gasteiger partial charge in [0, 0.05) is 19.0 Å². The number of amides is 2. The highest BCUT2D eigenvalue weighted by atomic mass is 16.5. The van der Waals surface area contributed by atoms with Crippen molar-refractivity contribution in [3.63, 3.8) is 0 Å². The van der Waals surface area contributed by atoms with E-state index in [4.69, 9.17) is 4.74 Å². The molecule has 1 heterocycles. The third kappa shape index (κ3) is 4.57. The highest BCUT2D eigenvalue weighted by molar-refractivity contribution is 5.88. The molecule has 1 aromatic carbocycles. The molecule has 24 heavy (non-hydrogen) atoms. The van der Waals surface area contributed by atoms with Crippen molar-refractivity contribution in [3.05, 3.63) is 35.9 Å². The van der Waals surface area contributed by atoms with E-state index in [9.17, 15) is 14.4 Å². The van der Waals surface area contributed by atoms with Gasteiger partial charge in [-0.1, -0.05) is 30.3 Å². The van der Waals surface area contributed by atoms with Crippen LogP contribution in [0.1, 0.15) is 38.8 Å². The van der Waals surface area contributed by atoms with Gasteiger partial charge >= 0.3 is 5.97 Å². The first-order valence-corrected chi connectivity index (χ1v) is 8.19. The Hall–Kier alpha value is -2.37. The van der Waals surface area contributed by atoms with Crippen molar-refractivity contribution in [1.29, 1.82) is 0 Å². The van der Waals surface area contributed by atoms with Crippen molar-refractivity contribution < 1.29 is 19.1 Å². The third-order valence-corrected chi connectivity index (χ3v) is 4.04. The maximum atomic E-state index is 12.2. The Kier molecular flexibility index (Phi) is 5.95. The van der Waals surface area contributed by atoms with Gasteiger partial charge in [0.05, 0.1) is 12.0 Å². The van der Waals surface area contributed by atoms with Gasteiger partial charge in [0.25, 0.3) is 5.91 Å². The molecule has 2 rings (SSSR count). The molecule has 0 unspecified atom stereocenters. The quantitative estimate of drug-likeness (QED) is 0.804. The van der Waals surface area contributed by atoms with Crippen LogP contribution < -0.4 is 5.32 Å². The van der Waals surface area contributed by atoms with Crippen molar-refractivity contribution in [2.75, 3.05) is 13.2 Å². The van der Waals surface area contributed by atoms with Crippen molar-refractivity contribution >= 4 is 17.8 Å². The van der Waals surface area contributed by atoms with Gasteiger partial charge in [-0.3, -0.25) is 14.4 Å². The summed E-state index contributed by atoms with van der Waals surface area (Å²) in [6.07, 6.45) is 0.127. The Morgan fingerprint density at radius 2 is 1.92 bits per heavy atom. The molecule has 1 saturated heterocycles. The summed E-state index contributed by atoms with van der Waals surface area (Å²) in [5.41, 5.74) is 1.02. The van der Waals surface area contributed by atoms with Crippen LogP contribution in [0.15, 0.2) is 30.3 Å². The minimum absolute atomic E-state index is 0.00789. The molecule has 1 aliphatic heterocycles. The zero-order valence-electron chi connectivity index (χ0n) is 14.3. The lowest BCUT2D eigenvalue weighted by Crippen LogP contribution is -2.35. The smallest absolute Gasteiger partial charge is 0.311 e. The third-order valence-electron chi connectivity index (χ3n) is 4.04. The number of hydrogen-bond acceptors (Lipinski definition) is 4. The van der Waals surface area contributed by atoms with Crippen LogP contribution in [0.2, 0.25) is 0 Å². The van der Waals surface area contributed by atoms with Gasteiger partial charge < -0.3 is 15.0 Å². The van der Waals surface area contributed by atoms with Crippen molar-refractivity contribution in [1.82, 2.24) is 10.2 Å². The van der Waals surface area contributed by atoms with Crippen LogP contribution in [0.3, 0.4) is 0 Å². The van der Waals surface area contributed by atoms with Gasteiger partial charge in [0.2, 0.25) is 5.91 Å². The predicted molar refractivity (Wildman–Crippen MR) is 88.9 cm³/mol. The molecule has 2 atom stereocenters. The number of likely N-dealkylation sites (tertiary alicyclic amines) is 1. The highest BCUT2D eigenvalue weighted by Gasteiger charge is 2.38. The van der Waals surface area contributed by atoms with Gasteiger partial charge in [0.1, 0.15) is 0 Å². The van der Waals surface area contributed by atoms with Crippen molar-refractivity contribution in [3.8, 4) is 0 Å². The van der Waals surface area contributed by atoms with Gasteiger partial charge in [-0.05, 0) is 26.3 Å². The Balaban J connectivity index is 1.89. The fourth-order valence-corrected chi connectivity index (χ4v) is 2.79. The lowest BCUT2D eigenvalue weighted by atomic mass is 10.1. The largest absolute Gasteiger partial charge is 0.455 e. The first kappa shape index (κ1) is 18.0. The molecule has 130 valence electrons. The zero-order chi connectivity index (χ0) is 17.7. The molecule has 1 aromatic rings. The second kappa shape index (κ2) is 7.95. The van der Waals surface area contributed by atoms with Crippen molar-refractivity contribution in [2.24, 2.45) is 5.92 Å². The molecule has 0 spiro atoms. The fraction of sp³-hybridized carbons (Fsp3) is 0.500. The van der Waals surface area contributed by atoms with Gasteiger partial charge in [-0.2, -0.15) is 0 Å². The van der Waals surface area contributed by atoms with Crippen LogP contribution in [-0.4, -0.2) is 41.9 Å². The Labute approximate surface area is 142 Å². The average Bonchev–Trinajstić information content (AvgIpc) is 2.94. The summed E-state index contributed by atoms with van der Waals surface area (Å²) in [5.74, 6) is -1.42. The zero-order valence-corrected chi connectivity index (χ0v) is 14.3. The van der Waals surface area contributed by atoms with E-state index in [0.717, 1.165) is 5.56 Å². The number of carbonyl (C=O) groups excluding carboxylic acids is 3. The van der Waals surface area contributed by atoms with E-state index in [-0.39, 0.29) is 36.9 Å². The van der Waals surface area contributed by atoms with Crippen LogP contribution in [0.5, 0.6) is 0 Å². The maximum absolute atomic E-state index is 12.2. The summed E-state index contributed by atoms with van der Waals surface area (Å²) in [7, 11) is 0. The first-order chi connectivity index (χ1) is 11.4. The van der Waals surface area contributed by atoms with E-state index in [1.165, 1.54) is 0 Å². The molecule has 1 fully saturated rings. The van der Waals surface area contributed by atoms with Crippen LogP contribution in [0, 0.1) is 5.92 Å². The molecule has 1 N–H and O–H groups in total. The Morgan fingerprint density at radius 3 is 2.54 bits per heavy atom. The second-order valence-corrected chi connectivity index (χ2v) is 6.36. The van der Waals surface area contributed by atoms with E-state index in [0.29, 0.717) is 6.54 Å². The molecule has 0 bridgehead atoms. The molecule has 0 aromatic heterocycles. The molecule has 0 radical (unpaired) electrons. The highest BCUT2D eigenvalue weighted by Crippen LogP contribution is 2.28. The van der Waals surface area contributed by atoms with Crippen LogP contribution in [-0.2, 0) is 19.1 Å². The van der Waals surface area contributed by atoms with E-state index >= 15 is 0 Å². The summed E-state index contributed by atoms with van der Waals surface area (Å²) in [6, 6.07) is 9.58. The SMILES string of the molecule is CC(C)NC(=O)COC(=O)[C@@H]1CC(=O)N([C@H](C)c2ccccc2)C1. The molecular weight excluding hydrogens is 308 g/mol. The number of rotatable bonds is 6. The average molecular weight is 332 g/mol. The lowest BCUT2D eigenvalue weighted by molar-refractivity contribution is -0.152. The topological polar surface area (TPSA) is 75.7 Å². The van der Waals surface area contributed by atoms with E-state index < -0.39 is 11.9 Å². The Morgan fingerprint density at radius 1 is 1.25 bits per heavy atom. The molecule has 6 nitrogen and oxygen atoms in total. The first-order valence-electron chi connectivity index (χ1n) is 8.19. The summed E-state index contributed by atoms with van der Waals surface area (Å²) in [5, 5.41) is 2.65. The predicted octanol–water partition coefficient (Wildman–Crippen LogP) is 1.66. The van der Waals surface area contributed by atoms with E-state index in [1.807, 2.05) is 51.1 Å². The maximum Gasteiger partial charge on any atom is 0.311 e. The molecule has 0 aliphatic carbocycles. The number of nitrogens with one attached hydrogen (secondary N) is 1. The number of ether oxygens (including phenoxy) is 1. The second-order valence-electron chi connectivity index (χ2n) is 6.36. The fourth-order valence-electron chi connectivity index (χ4n) is 2.79. The number of benzene rings is 1. The van der Waals surface area contributed by atoms with Gasteiger partial charge in [0.15, 0.2) is 6.61 Å². The van der Waals surface area contributed by atoms with Crippen LogP contribution in [0.25, 0.3) is 0 Å². The molecule has 0 saturated carbocycles. The molecular formula is C18H24N2O4. The molecule has 1 aliphatic rings. The summed E-state index contributed by atoms with van der Waals surface area (Å²) < 4.78 is 5.04. The number of carbonyl (C=O) groups is 3. The molecule has 6 heteroatoms. The van der Waals surface area contributed by atoms with E-state index in [1.54, 1.807) is 4.90 Å². The molecule has 2 amide bonds. The Bertz CT molecular complexity index is 600. The van der Waals surface area contributed by atoms with Crippen LogP contribution >= 0.6 is 0 Å². The normalized spacial score (nSPS) is 18.6. The van der Waals surface area contributed by atoms with Crippen LogP contribution in [0.4, 0.5) is 0 Å². The monoisotopic (exact) mass is 332 g/mol. The summed E-state index contributed by atoms with van der Waals surface area (Å²) in [4.78, 5) is 37.6. The van der Waals surface area contributed by atoms with E-state index in [2.05, 4.69) is 5.32 Å². The summed E-state index contributed by atoms with van der Waals surface area (Å²) >= 11 is 0. The standard InChI is InChI=1S/C18H24N2O4/c1-12(2)19-16(21)11-24-18(23)15-9-17(22)20(10-15)13(3)14-7-5-4-6-8-14/h4-8,12-13,15H,9-11H2,1-3H3,(H,19,21)/t13-,15-/m1/s1. The van der Waals surface area contributed by atoms with Gasteiger partial charge in [-0.25, -0.2) is 0 Å². The minimum Gasteiger partial charge on any atom is -0.455 e. The lowest BCUT2D eigenvalue weighted by Gasteiger charge is -2.25. The van der Waals surface area contributed by atoms with Crippen molar-refractivity contribution in [2.45, 2.75) is 39.3 Å². The number of nitrogens with zero attached hydrogens (tertiary/aromatic N) is 1.